The summed E-state index contributed by atoms with van der Waals surface area (Å²) in [5, 5.41) is 18.0. The summed E-state index contributed by atoms with van der Waals surface area (Å²) in [5.74, 6) is -0.411. The second-order valence-corrected chi connectivity index (χ2v) is 8.63. The first-order chi connectivity index (χ1) is 15.0. The number of aliphatic carboxylic acids is 1. The van der Waals surface area contributed by atoms with Crippen molar-refractivity contribution in [2.75, 3.05) is 11.4 Å². The summed E-state index contributed by atoms with van der Waals surface area (Å²) < 4.78 is 0. The van der Waals surface area contributed by atoms with E-state index in [4.69, 9.17) is 5.11 Å². The van der Waals surface area contributed by atoms with Gasteiger partial charge < -0.3 is 15.1 Å². The summed E-state index contributed by atoms with van der Waals surface area (Å²) in [4.78, 5) is 24.1. The zero-order valence-corrected chi connectivity index (χ0v) is 19.5. The topological polar surface area (TPSA) is 77.8 Å². The number of phenolic OH excluding ortho intramolecular Hbond substituents is 1. The van der Waals surface area contributed by atoms with Crippen LogP contribution in [0.3, 0.4) is 0 Å². The van der Waals surface area contributed by atoms with Gasteiger partial charge in [-0.1, -0.05) is 83.5 Å². The van der Waals surface area contributed by atoms with E-state index in [1.54, 1.807) is 36.1 Å². The lowest BCUT2D eigenvalue weighted by atomic mass is 10.0. The fourth-order valence-corrected chi connectivity index (χ4v) is 3.95. The molecule has 0 atom stereocenters. The highest BCUT2D eigenvalue weighted by atomic mass is 16.4. The molecule has 0 spiro atoms. The number of rotatable bonds is 19. The monoisotopic (exact) mass is 433 g/mol. The quantitative estimate of drug-likeness (QED) is 0.229. The molecule has 1 aromatic rings. The number of nitrogens with zero attached hydrogens (tertiary/aromatic N) is 1. The molecule has 1 rings (SSSR count). The van der Waals surface area contributed by atoms with Crippen molar-refractivity contribution in [2.24, 2.45) is 0 Å². The van der Waals surface area contributed by atoms with E-state index in [-0.39, 0.29) is 11.7 Å². The number of hydrogen-bond donors (Lipinski definition) is 2. The lowest BCUT2D eigenvalue weighted by Gasteiger charge is -2.21. The van der Waals surface area contributed by atoms with E-state index >= 15 is 0 Å². The van der Waals surface area contributed by atoms with E-state index in [2.05, 4.69) is 0 Å². The molecule has 0 fully saturated rings. The van der Waals surface area contributed by atoms with Gasteiger partial charge in [0.2, 0.25) is 5.91 Å². The maximum absolute atomic E-state index is 11.9. The highest BCUT2D eigenvalue weighted by Gasteiger charge is 2.10. The molecule has 0 aliphatic carbocycles. The van der Waals surface area contributed by atoms with Crippen LogP contribution in [0.4, 0.5) is 5.69 Å². The van der Waals surface area contributed by atoms with Gasteiger partial charge in [-0.15, -0.1) is 0 Å². The SMILES string of the molecule is CC(=O)N(CCCCCCCCCCCCCCCCCC(=O)O)c1ccc(O)cc1. The van der Waals surface area contributed by atoms with E-state index in [0.717, 1.165) is 37.9 Å². The van der Waals surface area contributed by atoms with E-state index in [1.165, 1.54) is 70.6 Å². The molecule has 176 valence electrons. The molecule has 1 aromatic carbocycles. The molecule has 0 unspecified atom stereocenters. The average molecular weight is 434 g/mol. The molecule has 0 saturated carbocycles. The van der Waals surface area contributed by atoms with Gasteiger partial charge in [-0.05, 0) is 37.1 Å². The Bertz CT molecular complexity index is 600. The number of aromatic hydroxyl groups is 1. The Morgan fingerprint density at radius 3 is 1.45 bits per heavy atom. The lowest BCUT2D eigenvalue weighted by molar-refractivity contribution is -0.137. The van der Waals surface area contributed by atoms with Crippen LogP contribution in [0.1, 0.15) is 110 Å². The number of carbonyl (C=O) groups excluding carboxylic acids is 1. The number of benzene rings is 1. The minimum atomic E-state index is -0.676. The molecule has 5 nitrogen and oxygen atoms in total. The number of phenols is 1. The molecule has 0 aromatic heterocycles. The molecule has 5 heteroatoms. The third kappa shape index (κ3) is 14.6. The van der Waals surface area contributed by atoms with Gasteiger partial charge in [-0.2, -0.15) is 0 Å². The summed E-state index contributed by atoms with van der Waals surface area (Å²) in [7, 11) is 0. The highest BCUT2D eigenvalue weighted by molar-refractivity contribution is 5.91. The third-order valence-corrected chi connectivity index (χ3v) is 5.81. The largest absolute Gasteiger partial charge is 0.508 e. The van der Waals surface area contributed by atoms with Crippen LogP contribution in [0.2, 0.25) is 0 Å². The van der Waals surface area contributed by atoms with Crippen LogP contribution in [0.25, 0.3) is 0 Å². The fourth-order valence-electron chi connectivity index (χ4n) is 3.95. The maximum Gasteiger partial charge on any atom is 0.303 e. The third-order valence-electron chi connectivity index (χ3n) is 5.81. The number of carboxylic acid groups (broad SMARTS) is 1. The first-order valence-corrected chi connectivity index (χ1v) is 12.3. The summed E-state index contributed by atoms with van der Waals surface area (Å²) in [6, 6.07) is 6.82. The summed E-state index contributed by atoms with van der Waals surface area (Å²) >= 11 is 0. The van der Waals surface area contributed by atoms with Gasteiger partial charge in [-0.25, -0.2) is 0 Å². The number of amides is 1. The second kappa shape index (κ2) is 17.6. The van der Waals surface area contributed by atoms with Crippen molar-refractivity contribution in [3.63, 3.8) is 0 Å². The molecule has 31 heavy (non-hydrogen) atoms. The summed E-state index contributed by atoms with van der Waals surface area (Å²) in [6.45, 7) is 2.33. The number of carboxylic acids is 1. The van der Waals surface area contributed by atoms with Crippen molar-refractivity contribution in [1.29, 1.82) is 0 Å². The van der Waals surface area contributed by atoms with Gasteiger partial charge in [0.1, 0.15) is 5.75 Å². The van der Waals surface area contributed by atoms with Gasteiger partial charge >= 0.3 is 5.97 Å². The first kappa shape index (κ1) is 27.0. The number of carbonyl (C=O) groups is 2. The predicted molar refractivity (Wildman–Crippen MR) is 128 cm³/mol. The Labute approximate surface area is 188 Å². The van der Waals surface area contributed by atoms with Crippen LogP contribution in [0.5, 0.6) is 5.75 Å². The number of unbranched alkanes of at least 4 members (excludes halogenated alkanes) is 14. The van der Waals surface area contributed by atoms with Gasteiger partial charge in [-0.3, -0.25) is 9.59 Å². The van der Waals surface area contributed by atoms with Crippen molar-refractivity contribution in [1.82, 2.24) is 0 Å². The van der Waals surface area contributed by atoms with Gasteiger partial charge in [0, 0.05) is 25.6 Å². The van der Waals surface area contributed by atoms with Crippen molar-refractivity contribution in [3.8, 4) is 5.75 Å². The van der Waals surface area contributed by atoms with Crippen molar-refractivity contribution in [2.45, 2.75) is 110 Å². The molecule has 2 N–H and O–H groups in total. The summed E-state index contributed by atoms with van der Waals surface area (Å²) in [6.07, 6.45) is 18.5. The minimum absolute atomic E-state index is 0.0453. The first-order valence-electron chi connectivity index (χ1n) is 12.3. The zero-order valence-electron chi connectivity index (χ0n) is 19.5. The number of anilines is 1. The molecule has 0 aliphatic heterocycles. The molecule has 1 amide bonds. The Morgan fingerprint density at radius 2 is 1.06 bits per heavy atom. The molecule has 0 bridgehead atoms. The van der Waals surface area contributed by atoms with Crippen LogP contribution in [0.15, 0.2) is 24.3 Å². The Balaban J connectivity index is 1.89. The van der Waals surface area contributed by atoms with Crippen molar-refractivity contribution in [3.05, 3.63) is 24.3 Å². The van der Waals surface area contributed by atoms with Crippen LogP contribution in [-0.2, 0) is 9.59 Å². The van der Waals surface area contributed by atoms with Gasteiger partial charge in [0.25, 0.3) is 0 Å². The average Bonchev–Trinajstić information content (AvgIpc) is 2.73. The maximum atomic E-state index is 11.9. The summed E-state index contributed by atoms with van der Waals surface area (Å²) in [5.41, 5.74) is 0.850. The van der Waals surface area contributed by atoms with Crippen molar-refractivity contribution >= 4 is 17.6 Å². The second-order valence-electron chi connectivity index (χ2n) is 8.63. The molecule has 0 radical (unpaired) electrons. The molecular weight excluding hydrogens is 390 g/mol. The van der Waals surface area contributed by atoms with Crippen molar-refractivity contribution < 1.29 is 19.8 Å². The van der Waals surface area contributed by atoms with Gasteiger partial charge in [0.05, 0.1) is 0 Å². The van der Waals surface area contributed by atoms with Crippen LogP contribution in [-0.4, -0.2) is 28.6 Å². The minimum Gasteiger partial charge on any atom is -0.508 e. The van der Waals surface area contributed by atoms with Gasteiger partial charge in [0.15, 0.2) is 0 Å². The highest BCUT2D eigenvalue weighted by Crippen LogP contribution is 2.20. The Kier molecular flexibility index (Phi) is 15.3. The molecule has 0 saturated heterocycles. The van der Waals surface area contributed by atoms with Crippen LogP contribution < -0.4 is 4.90 Å². The predicted octanol–water partition coefficient (Wildman–Crippen LogP) is 7.07. The molecule has 0 heterocycles. The van der Waals surface area contributed by atoms with E-state index in [1.807, 2.05) is 0 Å². The van der Waals surface area contributed by atoms with E-state index < -0.39 is 5.97 Å². The van der Waals surface area contributed by atoms with Crippen LogP contribution >= 0.6 is 0 Å². The Hall–Kier alpha value is -2.04. The fraction of sp³-hybridized carbons (Fsp3) is 0.692. The normalized spacial score (nSPS) is 10.9. The lowest BCUT2D eigenvalue weighted by Crippen LogP contribution is -2.29. The Morgan fingerprint density at radius 1 is 0.677 bits per heavy atom. The molecular formula is C26H43NO4. The van der Waals surface area contributed by atoms with Crippen LogP contribution in [0, 0.1) is 0 Å². The van der Waals surface area contributed by atoms with E-state index in [0.29, 0.717) is 6.42 Å². The smallest absolute Gasteiger partial charge is 0.303 e. The van der Waals surface area contributed by atoms with E-state index in [9.17, 15) is 14.7 Å². The number of hydrogen-bond acceptors (Lipinski definition) is 3. The zero-order chi connectivity index (χ0) is 22.7. The molecule has 0 aliphatic rings. The standard InChI is InChI=1S/C26H43NO4/c1-23(28)27(24-18-20-25(29)21-19-24)22-16-14-12-10-8-6-4-2-3-5-7-9-11-13-15-17-26(30)31/h18-21,29H,2-17,22H2,1H3,(H,30,31).